The Labute approximate surface area is 166 Å². The van der Waals surface area contributed by atoms with E-state index < -0.39 is 0 Å². The van der Waals surface area contributed by atoms with Crippen LogP contribution in [0, 0.1) is 0 Å². The number of hydrogen-bond donors (Lipinski definition) is 3. The number of nitrogens with zero attached hydrogens (tertiary/aromatic N) is 4. The van der Waals surface area contributed by atoms with E-state index in [-0.39, 0.29) is 28.4 Å². The summed E-state index contributed by atoms with van der Waals surface area (Å²) in [6.07, 6.45) is 1.63. The molecule has 0 saturated heterocycles. The van der Waals surface area contributed by atoms with Crippen molar-refractivity contribution in [3.63, 3.8) is 0 Å². The van der Waals surface area contributed by atoms with E-state index in [4.69, 9.17) is 11.5 Å². The molecule has 8 heteroatoms. The van der Waals surface area contributed by atoms with Gasteiger partial charge in [-0.15, -0.1) is 5.10 Å². The molecule has 0 bridgehead atoms. The Hall–Kier alpha value is -2.90. The molecule has 2 rings (SSSR count). The fraction of sp³-hybridized carbons (Fsp3) is 0.500. The molecule has 152 valence electrons. The zero-order valence-electron chi connectivity index (χ0n) is 17.6. The molecule has 0 radical (unpaired) electrons. The maximum absolute atomic E-state index is 12.2. The summed E-state index contributed by atoms with van der Waals surface area (Å²) in [4.78, 5) is 16.1. The second-order valence-corrected chi connectivity index (χ2v) is 8.88. The average Bonchev–Trinajstić information content (AvgIpc) is 3.06. The molecule has 1 heterocycles. The van der Waals surface area contributed by atoms with E-state index in [1.165, 1.54) is 11.1 Å². The summed E-state index contributed by atoms with van der Waals surface area (Å²) >= 11 is 0. The fourth-order valence-electron chi connectivity index (χ4n) is 2.55. The van der Waals surface area contributed by atoms with Gasteiger partial charge in [0, 0.05) is 6.54 Å². The number of rotatable bonds is 5. The SMILES string of the molecule is CC(C)(C)c1cc(-n2cc(C(=O)NCCN=C(N)N)nn2)cc(C(C)(C)C)c1. The summed E-state index contributed by atoms with van der Waals surface area (Å²) in [7, 11) is 0. The number of carbonyl (C=O) groups excluding carboxylic acids is 1. The highest BCUT2D eigenvalue weighted by atomic mass is 16.2. The summed E-state index contributed by atoms with van der Waals surface area (Å²) in [5.74, 6) is -0.325. The lowest BCUT2D eigenvalue weighted by Gasteiger charge is -2.26. The van der Waals surface area contributed by atoms with Crippen LogP contribution in [0.25, 0.3) is 5.69 Å². The first-order chi connectivity index (χ1) is 12.9. The van der Waals surface area contributed by atoms with Gasteiger partial charge in [0.25, 0.3) is 5.91 Å². The Bertz CT molecular complexity index is 833. The number of hydrogen-bond acceptors (Lipinski definition) is 4. The zero-order valence-corrected chi connectivity index (χ0v) is 17.6. The number of benzene rings is 1. The van der Waals surface area contributed by atoms with E-state index in [2.05, 4.69) is 80.4 Å². The molecule has 0 unspecified atom stereocenters. The van der Waals surface area contributed by atoms with Gasteiger partial charge >= 0.3 is 0 Å². The highest BCUT2D eigenvalue weighted by Gasteiger charge is 2.21. The predicted octanol–water partition coefficient (Wildman–Crippen LogP) is 1.87. The van der Waals surface area contributed by atoms with Crippen LogP contribution in [0.2, 0.25) is 0 Å². The van der Waals surface area contributed by atoms with Crippen molar-refractivity contribution in [2.75, 3.05) is 13.1 Å². The van der Waals surface area contributed by atoms with Gasteiger partial charge in [-0.2, -0.15) is 0 Å². The first-order valence-electron chi connectivity index (χ1n) is 9.30. The van der Waals surface area contributed by atoms with Gasteiger partial charge in [0.1, 0.15) is 0 Å². The fourth-order valence-corrected chi connectivity index (χ4v) is 2.55. The molecule has 2 aromatic rings. The number of amides is 1. The van der Waals surface area contributed by atoms with E-state index in [0.717, 1.165) is 5.69 Å². The second-order valence-electron chi connectivity index (χ2n) is 8.88. The van der Waals surface area contributed by atoms with E-state index in [1.807, 2.05) is 0 Å². The monoisotopic (exact) mass is 385 g/mol. The van der Waals surface area contributed by atoms with E-state index in [1.54, 1.807) is 10.9 Å². The van der Waals surface area contributed by atoms with E-state index in [0.29, 0.717) is 13.1 Å². The lowest BCUT2D eigenvalue weighted by atomic mass is 9.80. The van der Waals surface area contributed by atoms with Crippen molar-refractivity contribution in [3.8, 4) is 5.69 Å². The van der Waals surface area contributed by atoms with Crippen LogP contribution in [0.3, 0.4) is 0 Å². The first kappa shape index (κ1) is 21.4. The Balaban J connectivity index is 2.28. The number of aliphatic imine (C=N–C) groups is 1. The number of nitrogens with two attached hydrogens (primary N) is 2. The molecule has 1 amide bonds. The molecule has 0 aliphatic rings. The molecule has 0 fully saturated rings. The van der Waals surface area contributed by atoms with Crippen LogP contribution in [-0.2, 0) is 10.8 Å². The quantitative estimate of drug-likeness (QED) is 0.412. The highest BCUT2D eigenvalue weighted by molar-refractivity contribution is 5.91. The minimum atomic E-state index is -0.319. The second kappa shape index (κ2) is 8.00. The molecular formula is C20H31N7O. The molecule has 0 spiro atoms. The summed E-state index contributed by atoms with van der Waals surface area (Å²) in [6.45, 7) is 13.7. The first-order valence-corrected chi connectivity index (χ1v) is 9.30. The molecule has 0 aliphatic carbocycles. The van der Waals surface area contributed by atoms with Crippen LogP contribution in [0.4, 0.5) is 0 Å². The van der Waals surface area contributed by atoms with Crippen molar-refractivity contribution in [2.45, 2.75) is 52.4 Å². The van der Waals surface area contributed by atoms with Gasteiger partial charge in [-0.25, -0.2) is 4.68 Å². The van der Waals surface area contributed by atoms with Gasteiger partial charge in [-0.3, -0.25) is 9.79 Å². The molecule has 28 heavy (non-hydrogen) atoms. The number of aromatic nitrogens is 3. The van der Waals surface area contributed by atoms with Gasteiger partial charge in [0.15, 0.2) is 11.7 Å². The van der Waals surface area contributed by atoms with Crippen molar-refractivity contribution < 1.29 is 4.79 Å². The average molecular weight is 386 g/mol. The summed E-state index contributed by atoms with van der Waals surface area (Å²) in [6, 6.07) is 6.41. The van der Waals surface area contributed by atoms with E-state index in [9.17, 15) is 4.79 Å². The number of carbonyl (C=O) groups is 1. The number of nitrogens with one attached hydrogen (secondary N) is 1. The van der Waals surface area contributed by atoms with Gasteiger partial charge in [-0.05, 0) is 34.1 Å². The van der Waals surface area contributed by atoms with Gasteiger partial charge in [-0.1, -0.05) is 52.8 Å². The lowest BCUT2D eigenvalue weighted by molar-refractivity contribution is 0.0949. The van der Waals surface area contributed by atoms with Crippen LogP contribution >= 0.6 is 0 Å². The van der Waals surface area contributed by atoms with Crippen molar-refractivity contribution in [1.82, 2.24) is 20.3 Å². The van der Waals surface area contributed by atoms with Gasteiger partial charge in [0.05, 0.1) is 18.4 Å². The number of guanidine groups is 1. The largest absolute Gasteiger partial charge is 0.370 e. The minimum absolute atomic E-state index is 0.00595. The van der Waals surface area contributed by atoms with Crippen LogP contribution in [0.5, 0.6) is 0 Å². The lowest BCUT2D eigenvalue weighted by Crippen LogP contribution is -2.28. The van der Waals surface area contributed by atoms with Gasteiger partial charge in [0.2, 0.25) is 0 Å². The molecular weight excluding hydrogens is 354 g/mol. The molecule has 1 aromatic heterocycles. The van der Waals surface area contributed by atoms with Crippen LogP contribution in [0.15, 0.2) is 29.4 Å². The Morgan fingerprint density at radius 2 is 1.64 bits per heavy atom. The van der Waals surface area contributed by atoms with Crippen molar-refractivity contribution >= 4 is 11.9 Å². The van der Waals surface area contributed by atoms with Crippen LogP contribution < -0.4 is 16.8 Å². The van der Waals surface area contributed by atoms with Gasteiger partial charge < -0.3 is 16.8 Å². The summed E-state index contributed by atoms with van der Waals surface area (Å²) in [5.41, 5.74) is 14.0. The Morgan fingerprint density at radius 1 is 1.07 bits per heavy atom. The van der Waals surface area contributed by atoms with Crippen LogP contribution in [0.1, 0.15) is 63.2 Å². The molecule has 0 aliphatic heterocycles. The maximum Gasteiger partial charge on any atom is 0.273 e. The molecule has 8 nitrogen and oxygen atoms in total. The smallest absolute Gasteiger partial charge is 0.273 e. The summed E-state index contributed by atoms with van der Waals surface area (Å²) in [5, 5.41) is 10.9. The standard InChI is InChI=1S/C20H31N7O/c1-19(2,3)13-9-14(20(4,5)6)11-15(10-13)27-12-16(25-26-27)17(28)23-7-8-24-18(21)22/h9-12H,7-8H2,1-6H3,(H,23,28)(H4,21,22,24). The third kappa shape index (κ3) is 5.55. The molecule has 0 saturated carbocycles. The maximum atomic E-state index is 12.2. The van der Waals surface area contributed by atoms with Crippen LogP contribution in [-0.4, -0.2) is 40.0 Å². The van der Waals surface area contributed by atoms with Crippen molar-refractivity contribution in [3.05, 3.63) is 41.2 Å². The Kier molecular flexibility index (Phi) is 6.11. The van der Waals surface area contributed by atoms with Crippen molar-refractivity contribution in [1.29, 1.82) is 0 Å². The molecule has 0 atom stereocenters. The normalized spacial score (nSPS) is 11.9. The molecule has 5 N–H and O–H groups in total. The van der Waals surface area contributed by atoms with E-state index >= 15 is 0 Å². The highest BCUT2D eigenvalue weighted by Crippen LogP contribution is 2.31. The third-order valence-electron chi connectivity index (χ3n) is 4.33. The molecule has 1 aromatic carbocycles. The minimum Gasteiger partial charge on any atom is -0.370 e. The zero-order chi connectivity index (χ0) is 21.1. The predicted molar refractivity (Wildman–Crippen MR) is 112 cm³/mol. The topological polar surface area (TPSA) is 124 Å². The third-order valence-corrected chi connectivity index (χ3v) is 4.33. The van der Waals surface area contributed by atoms with Crippen molar-refractivity contribution in [2.24, 2.45) is 16.5 Å². The Morgan fingerprint density at radius 3 is 2.14 bits per heavy atom. The summed E-state index contributed by atoms with van der Waals surface area (Å²) < 4.78 is 1.63.